The summed E-state index contributed by atoms with van der Waals surface area (Å²) in [6, 6.07) is 19.6. The van der Waals surface area contributed by atoms with Crippen LogP contribution in [0.3, 0.4) is 0 Å². The van der Waals surface area contributed by atoms with Crippen molar-refractivity contribution in [2.75, 3.05) is 11.9 Å². The second-order valence-corrected chi connectivity index (χ2v) is 9.16. The van der Waals surface area contributed by atoms with Gasteiger partial charge in [-0.2, -0.15) is 0 Å². The number of amides is 2. The summed E-state index contributed by atoms with van der Waals surface area (Å²) >= 11 is 5.99. The third kappa shape index (κ3) is 5.08. The molecule has 7 heteroatoms. The lowest BCUT2D eigenvalue weighted by Crippen LogP contribution is -2.40. The van der Waals surface area contributed by atoms with Crippen LogP contribution in [-0.4, -0.2) is 27.0 Å². The van der Waals surface area contributed by atoms with Crippen molar-refractivity contribution in [2.24, 2.45) is 0 Å². The first kappa shape index (κ1) is 24.5. The average molecular weight is 489 g/mol. The molecule has 0 spiro atoms. The molecule has 0 saturated carbocycles. The zero-order valence-corrected chi connectivity index (χ0v) is 21.1. The van der Waals surface area contributed by atoms with E-state index in [1.807, 2.05) is 64.1 Å². The minimum atomic E-state index is -0.473. The van der Waals surface area contributed by atoms with E-state index in [1.54, 1.807) is 39.8 Å². The second-order valence-electron chi connectivity index (χ2n) is 8.72. The Kier molecular flexibility index (Phi) is 7.22. The van der Waals surface area contributed by atoms with Crippen LogP contribution in [-0.2, 0) is 0 Å². The normalized spacial score (nSPS) is 11.9. The lowest BCUT2D eigenvalue weighted by molar-refractivity contribution is 0.189. The Morgan fingerprint density at radius 2 is 1.80 bits per heavy atom. The molecular weight excluding hydrogens is 460 g/mol. The highest BCUT2D eigenvalue weighted by atomic mass is 35.5. The molecule has 1 unspecified atom stereocenters. The summed E-state index contributed by atoms with van der Waals surface area (Å²) in [6.07, 6.45) is 0.750. The van der Waals surface area contributed by atoms with Gasteiger partial charge in [-0.05, 0) is 80.8 Å². The van der Waals surface area contributed by atoms with E-state index in [-0.39, 0.29) is 11.6 Å². The number of aromatic nitrogens is 2. The van der Waals surface area contributed by atoms with Crippen LogP contribution >= 0.6 is 11.6 Å². The summed E-state index contributed by atoms with van der Waals surface area (Å²) in [5, 5.41) is 4.09. The van der Waals surface area contributed by atoms with Crippen molar-refractivity contribution in [3.8, 4) is 5.69 Å². The fraction of sp³-hybridized carbons (Fsp3) is 0.250. The molecule has 2 amide bonds. The Bertz CT molecular complexity index is 1430. The van der Waals surface area contributed by atoms with Gasteiger partial charge < -0.3 is 10.2 Å². The molecule has 0 fully saturated rings. The van der Waals surface area contributed by atoms with E-state index < -0.39 is 6.04 Å². The van der Waals surface area contributed by atoms with Crippen molar-refractivity contribution in [1.29, 1.82) is 0 Å². The molecule has 0 saturated heterocycles. The fourth-order valence-electron chi connectivity index (χ4n) is 4.20. The highest BCUT2D eigenvalue weighted by Gasteiger charge is 2.27. The Morgan fingerprint density at radius 3 is 2.51 bits per heavy atom. The summed E-state index contributed by atoms with van der Waals surface area (Å²) < 4.78 is 1.66. The summed E-state index contributed by atoms with van der Waals surface area (Å²) in [6.45, 7) is 8.39. The van der Waals surface area contributed by atoms with Crippen molar-refractivity contribution in [3.05, 3.63) is 99.1 Å². The smallest absolute Gasteiger partial charge is 0.315 e. The van der Waals surface area contributed by atoms with Crippen LogP contribution in [0.5, 0.6) is 0 Å². The zero-order chi connectivity index (χ0) is 25.1. The largest absolute Gasteiger partial charge is 0.322 e. The molecule has 0 aliphatic carbocycles. The first-order valence-corrected chi connectivity index (χ1v) is 12.1. The monoisotopic (exact) mass is 488 g/mol. The van der Waals surface area contributed by atoms with Crippen LogP contribution in [0.15, 0.2) is 71.5 Å². The quantitative estimate of drug-likeness (QED) is 0.330. The molecule has 6 nitrogen and oxygen atoms in total. The van der Waals surface area contributed by atoms with E-state index in [0.717, 1.165) is 23.2 Å². The molecular formula is C28H29ClN4O2. The van der Waals surface area contributed by atoms with Gasteiger partial charge in [0.15, 0.2) is 0 Å². The number of halogens is 1. The van der Waals surface area contributed by atoms with Gasteiger partial charge in [-0.25, -0.2) is 9.78 Å². The molecule has 0 bridgehead atoms. The van der Waals surface area contributed by atoms with E-state index in [4.69, 9.17) is 16.6 Å². The van der Waals surface area contributed by atoms with Crippen LogP contribution in [0, 0.1) is 13.8 Å². The molecule has 0 aliphatic rings. The first-order chi connectivity index (χ1) is 16.8. The molecule has 3 aromatic carbocycles. The number of rotatable bonds is 6. The van der Waals surface area contributed by atoms with Gasteiger partial charge in [0, 0.05) is 17.3 Å². The lowest BCUT2D eigenvalue weighted by atomic mass is 10.1. The number of anilines is 1. The molecule has 1 atom stereocenters. The SMILES string of the molecule is CCCN(C(=O)Nc1ccc(Cl)cc1)C(C)c1nc2ccccc2c(=O)n1-c1cc(C)ccc1C. The number of nitrogens with zero attached hydrogens (tertiary/aromatic N) is 3. The highest BCUT2D eigenvalue weighted by molar-refractivity contribution is 6.30. The third-order valence-corrected chi connectivity index (χ3v) is 6.32. The zero-order valence-electron chi connectivity index (χ0n) is 20.4. The van der Waals surface area contributed by atoms with Crippen molar-refractivity contribution in [3.63, 3.8) is 0 Å². The van der Waals surface area contributed by atoms with Gasteiger partial charge in [0.2, 0.25) is 0 Å². The second kappa shape index (κ2) is 10.3. The molecule has 35 heavy (non-hydrogen) atoms. The number of para-hydroxylation sites is 1. The average Bonchev–Trinajstić information content (AvgIpc) is 2.85. The standard InChI is InChI=1S/C28H29ClN4O2/c1-5-16-32(28(35)30-22-14-12-21(29)13-15-22)20(4)26-31-24-9-7-6-8-23(24)27(34)33(26)25-17-18(2)10-11-19(25)3/h6-15,17,20H,5,16H2,1-4H3,(H,30,35). The van der Waals surface area contributed by atoms with Gasteiger partial charge in [0.25, 0.3) is 5.56 Å². The van der Waals surface area contributed by atoms with E-state index in [1.165, 1.54) is 0 Å². The van der Waals surface area contributed by atoms with Gasteiger partial charge in [0.1, 0.15) is 5.82 Å². The van der Waals surface area contributed by atoms with Crippen LogP contribution in [0.4, 0.5) is 10.5 Å². The summed E-state index contributed by atoms with van der Waals surface area (Å²) in [7, 11) is 0. The molecule has 4 rings (SSSR count). The number of fused-ring (bicyclic) bond motifs is 1. The topological polar surface area (TPSA) is 67.2 Å². The number of carbonyl (C=O) groups is 1. The number of hydrogen-bond acceptors (Lipinski definition) is 3. The Labute approximate surface area is 210 Å². The van der Waals surface area contributed by atoms with Crippen LogP contribution in [0.1, 0.15) is 43.3 Å². The number of hydrogen-bond donors (Lipinski definition) is 1. The molecule has 0 radical (unpaired) electrons. The predicted octanol–water partition coefficient (Wildman–Crippen LogP) is 6.66. The van der Waals surface area contributed by atoms with E-state index in [9.17, 15) is 9.59 Å². The Hall–Kier alpha value is -3.64. The molecule has 1 aromatic heterocycles. The van der Waals surface area contributed by atoms with Crippen LogP contribution in [0.25, 0.3) is 16.6 Å². The predicted molar refractivity (Wildman–Crippen MR) is 143 cm³/mol. The summed E-state index contributed by atoms with van der Waals surface area (Å²) in [5.41, 5.74) is 3.86. The molecule has 4 aromatic rings. The minimum absolute atomic E-state index is 0.152. The van der Waals surface area contributed by atoms with Crippen molar-refractivity contribution in [2.45, 2.75) is 40.2 Å². The minimum Gasteiger partial charge on any atom is -0.315 e. The highest BCUT2D eigenvalue weighted by Crippen LogP contribution is 2.26. The number of urea groups is 1. The van der Waals surface area contributed by atoms with Gasteiger partial charge in [-0.1, -0.05) is 42.8 Å². The van der Waals surface area contributed by atoms with Crippen molar-refractivity contribution < 1.29 is 4.79 Å². The van der Waals surface area contributed by atoms with Crippen molar-refractivity contribution >= 4 is 34.2 Å². The maximum atomic E-state index is 13.8. The van der Waals surface area contributed by atoms with Gasteiger partial charge in [-0.3, -0.25) is 9.36 Å². The first-order valence-electron chi connectivity index (χ1n) is 11.7. The summed E-state index contributed by atoms with van der Waals surface area (Å²) in [4.78, 5) is 33.8. The van der Waals surface area contributed by atoms with Crippen LogP contribution < -0.4 is 10.9 Å². The fourth-order valence-corrected chi connectivity index (χ4v) is 4.33. The molecule has 180 valence electrons. The maximum absolute atomic E-state index is 13.8. The molecule has 1 N–H and O–H groups in total. The van der Waals surface area contributed by atoms with E-state index in [0.29, 0.717) is 34.0 Å². The lowest BCUT2D eigenvalue weighted by Gasteiger charge is -2.30. The Balaban J connectivity index is 1.85. The van der Waals surface area contributed by atoms with Crippen molar-refractivity contribution in [1.82, 2.24) is 14.5 Å². The number of benzene rings is 3. The van der Waals surface area contributed by atoms with Gasteiger partial charge in [-0.15, -0.1) is 0 Å². The van der Waals surface area contributed by atoms with E-state index >= 15 is 0 Å². The number of nitrogens with one attached hydrogen (secondary N) is 1. The molecule has 0 aliphatic heterocycles. The van der Waals surface area contributed by atoms with Gasteiger partial charge >= 0.3 is 6.03 Å². The maximum Gasteiger partial charge on any atom is 0.322 e. The summed E-state index contributed by atoms with van der Waals surface area (Å²) in [5.74, 6) is 0.516. The number of carbonyl (C=O) groups excluding carboxylic acids is 1. The Morgan fingerprint density at radius 1 is 1.09 bits per heavy atom. The third-order valence-electron chi connectivity index (χ3n) is 6.07. The molecule has 1 heterocycles. The number of aryl methyl sites for hydroxylation is 2. The van der Waals surface area contributed by atoms with E-state index in [2.05, 4.69) is 5.32 Å². The van der Waals surface area contributed by atoms with Gasteiger partial charge in [0.05, 0.1) is 22.6 Å². The van der Waals surface area contributed by atoms with Crippen LogP contribution in [0.2, 0.25) is 5.02 Å².